The summed E-state index contributed by atoms with van der Waals surface area (Å²) in [5, 5.41) is 3.37. The van der Waals surface area contributed by atoms with Crippen LogP contribution >= 0.6 is 0 Å². The summed E-state index contributed by atoms with van der Waals surface area (Å²) in [6.45, 7) is 3.46. The van der Waals surface area contributed by atoms with Gasteiger partial charge in [0.1, 0.15) is 11.3 Å². The third-order valence-corrected chi connectivity index (χ3v) is 7.11. The molecule has 0 atom stereocenters. The molecule has 0 saturated carbocycles. The van der Waals surface area contributed by atoms with E-state index in [1.807, 2.05) is 48.5 Å². The second kappa shape index (κ2) is 9.28. The molecule has 3 aromatic carbocycles. The molecule has 5 heteroatoms. The number of nitrogens with one attached hydrogen (secondary N) is 1. The Morgan fingerprint density at radius 1 is 0.879 bits per heavy atom. The number of carbonyl (C=O) groups excluding carboxylic acids is 1. The minimum Gasteiger partial charge on any atom is -0.496 e. The molecule has 5 rings (SSSR count). The summed E-state index contributed by atoms with van der Waals surface area (Å²) in [5.41, 5.74) is 2.94. The Bertz CT molecular complexity index is 1040. The van der Waals surface area contributed by atoms with E-state index in [1.165, 1.54) is 5.56 Å². The van der Waals surface area contributed by atoms with Crippen LogP contribution in [0.15, 0.2) is 84.9 Å². The molecule has 0 spiro atoms. The summed E-state index contributed by atoms with van der Waals surface area (Å²) in [7, 11) is 1.72. The van der Waals surface area contributed by atoms with Gasteiger partial charge in [0.15, 0.2) is 0 Å². The fourth-order valence-corrected chi connectivity index (χ4v) is 5.32. The highest BCUT2D eigenvalue weighted by Crippen LogP contribution is 2.37. The average molecular weight is 442 g/mol. The van der Waals surface area contributed by atoms with Crippen molar-refractivity contribution >= 4 is 6.03 Å². The Labute approximate surface area is 196 Å². The predicted octanol–water partition coefficient (Wildman–Crippen LogP) is 4.63. The van der Waals surface area contributed by atoms with E-state index in [0.29, 0.717) is 6.54 Å². The van der Waals surface area contributed by atoms with Gasteiger partial charge in [-0.05, 0) is 30.0 Å². The molecule has 3 aromatic rings. The van der Waals surface area contributed by atoms with Gasteiger partial charge >= 0.3 is 6.03 Å². The Morgan fingerprint density at radius 3 is 2.06 bits per heavy atom. The number of urea groups is 1. The molecule has 33 heavy (non-hydrogen) atoms. The van der Waals surface area contributed by atoms with Gasteiger partial charge in [0.25, 0.3) is 0 Å². The lowest BCUT2D eigenvalue weighted by atomic mass is 9.83. The topological polar surface area (TPSA) is 44.8 Å². The predicted molar refractivity (Wildman–Crippen MR) is 130 cm³/mol. The number of hydrogen-bond acceptors (Lipinski definition) is 3. The van der Waals surface area contributed by atoms with E-state index in [2.05, 4.69) is 51.5 Å². The molecule has 2 heterocycles. The van der Waals surface area contributed by atoms with Crippen LogP contribution < -0.4 is 10.1 Å². The number of carbonyl (C=O) groups is 1. The van der Waals surface area contributed by atoms with Gasteiger partial charge in [-0.2, -0.15) is 0 Å². The highest BCUT2D eigenvalue weighted by atomic mass is 16.5. The van der Waals surface area contributed by atoms with E-state index in [0.717, 1.165) is 49.4 Å². The van der Waals surface area contributed by atoms with Gasteiger partial charge < -0.3 is 15.0 Å². The monoisotopic (exact) mass is 441 g/mol. The van der Waals surface area contributed by atoms with Gasteiger partial charge in [-0.25, -0.2) is 4.79 Å². The van der Waals surface area contributed by atoms with Gasteiger partial charge in [-0.3, -0.25) is 4.90 Å². The summed E-state index contributed by atoms with van der Waals surface area (Å²) < 4.78 is 5.52. The average Bonchev–Trinajstić information content (AvgIpc) is 3.24. The summed E-state index contributed by atoms with van der Waals surface area (Å²) in [5.74, 6) is 0.939. The lowest BCUT2D eigenvalue weighted by Crippen LogP contribution is -2.46. The largest absolute Gasteiger partial charge is 0.496 e. The molecule has 0 bridgehead atoms. The van der Waals surface area contributed by atoms with Crippen LogP contribution in [0.2, 0.25) is 0 Å². The maximum absolute atomic E-state index is 13.3. The van der Waals surface area contributed by atoms with Gasteiger partial charge in [-0.1, -0.05) is 78.9 Å². The second-order valence-electron chi connectivity index (χ2n) is 9.01. The van der Waals surface area contributed by atoms with Crippen LogP contribution in [-0.2, 0) is 12.1 Å². The fraction of sp³-hybridized carbons (Fsp3) is 0.321. The van der Waals surface area contributed by atoms with Crippen molar-refractivity contribution in [1.82, 2.24) is 15.1 Å². The van der Waals surface area contributed by atoms with E-state index in [1.54, 1.807) is 7.11 Å². The molecule has 0 aliphatic carbocycles. The van der Waals surface area contributed by atoms with Crippen LogP contribution in [0.5, 0.6) is 5.75 Å². The summed E-state index contributed by atoms with van der Waals surface area (Å²) in [4.78, 5) is 17.8. The molecule has 1 N–H and O–H groups in total. The highest BCUT2D eigenvalue weighted by Gasteiger charge is 2.47. The first kappa shape index (κ1) is 21.5. The van der Waals surface area contributed by atoms with Crippen molar-refractivity contribution in [3.63, 3.8) is 0 Å². The number of piperidine rings is 1. The summed E-state index contributed by atoms with van der Waals surface area (Å²) in [6.07, 6.45) is 1.95. The van der Waals surface area contributed by atoms with Crippen molar-refractivity contribution in [3.05, 3.63) is 102 Å². The number of amides is 2. The Kier molecular flexibility index (Phi) is 6.05. The SMILES string of the molecule is COc1ccccc1CN1CCC(N2CC(c3ccccc3)(c3ccccc3)NC2=O)CC1. The first-order chi connectivity index (χ1) is 16.2. The lowest BCUT2D eigenvalue weighted by Gasteiger charge is -2.37. The van der Waals surface area contributed by atoms with E-state index in [-0.39, 0.29) is 12.1 Å². The first-order valence-corrected chi connectivity index (χ1v) is 11.7. The van der Waals surface area contributed by atoms with Crippen molar-refractivity contribution in [3.8, 4) is 5.75 Å². The van der Waals surface area contributed by atoms with Crippen molar-refractivity contribution in [2.45, 2.75) is 31.0 Å². The van der Waals surface area contributed by atoms with Crippen LogP contribution in [-0.4, -0.2) is 48.6 Å². The van der Waals surface area contributed by atoms with E-state index in [4.69, 9.17) is 4.74 Å². The number of benzene rings is 3. The minimum absolute atomic E-state index is 0.0332. The molecule has 2 fully saturated rings. The van der Waals surface area contributed by atoms with Crippen LogP contribution in [0.25, 0.3) is 0 Å². The van der Waals surface area contributed by atoms with Gasteiger partial charge in [0, 0.05) is 31.2 Å². The molecular weight excluding hydrogens is 410 g/mol. The normalized spacial score (nSPS) is 18.8. The van der Waals surface area contributed by atoms with Crippen LogP contribution in [0.4, 0.5) is 4.79 Å². The maximum Gasteiger partial charge on any atom is 0.318 e. The van der Waals surface area contributed by atoms with Crippen LogP contribution in [0.3, 0.4) is 0 Å². The number of likely N-dealkylation sites (tertiary alicyclic amines) is 1. The molecule has 2 amide bonds. The highest BCUT2D eigenvalue weighted by molar-refractivity contribution is 5.80. The third kappa shape index (κ3) is 4.21. The molecule has 2 aliphatic heterocycles. The summed E-state index contributed by atoms with van der Waals surface area (Å²) in [6, 6.07) is 29.2. The molecule has 0 aromatic heterocycles. The zero-order valence-corrected chi connectivity index (χ0v) is 19.1. The van der Waals surface area contributed by atoms with Crippen LogP contribution in [0.1, 0.15) is 29.5 Å². The minimum atomic E-state index is -0.520. The molecular formula is C28H31N3O2. The number of para-hydroxylation sites is 1. The molecule has 0 radical (unpaired) electrons. The summed E-state index contributed by atoms with van der Waals surface area (Å²) >= 11 is 0. The van der Waals surface area contributed by atoms with E-state index in [9.17, 15) is 4.79 Å². The number of methoxy groups -OCH3 is 1. The number of nitrogens with zero attached hydrogens (tertiary/aromatic N) is 2. The Balaban J connectivity index is 1.31. The fourth-order valence-electron chi connectivity index (χ4n) is 5.32. The molecule has 2 saturated heterocycles. The van der Waals surface area contributed by atoms with Crippen LogP contribution in [0, 0.1) is 0 Å². The van der Waals surface area contributed by atoms with Gasteiger partial charge in [0.05, 0.1) is 13.7 Å². The molecule has 5 nitrogen and oxygen atoms in total. The smallest absolute Gasteiger partial charge is 0.318 e. The second-order valence-corrected chi connectivity index (χ2v) is 9.01. The number of hydrogen-bond donors (Lipinski definition) is 1. The molecule has 170 valence electrons. The first-order valence-electron chi connectivity index (χ1n) is 11.7. The Hall–Kier alpha value is -3.31. The third-order valence-electron chi connectivity index (χ3n) is 7.11. The van der Waals surface area contributed by atoms with Crippen molar-refractivity contribution in [2.24, 2.45) is 0 Å². The van der Waals surface area contributed by atoms with Gasteiger partial charge in [0.2, 0.25) is 0 Å². The number of rotatable bonds is 6. The molecule has 2 aliphatic rings. The van der Waals surface area contributed by atoms with E-state index >= 15 is 0 Å². The zero-order chi connectivity index (χ0) is 22.7. The lowest BCUT2D eigenvalue weighted by molar-refractivity contribution is 0.128. The zero-order valence-electron chi connectivity index (χ0n) is 19.1. The number of ether oxygens (including phenoxy) is 1. The Morgan fingerprint density at radius 2 is 1.45 bits per heavy atom. The van der Waals surface area contributed by atoms with Gasteiger partial charge in [-0.15, -0.1) is 0 Å². The van der Waals surface area contributed by atoms with Crippen molar-refractivity contribution in [2.75, 3.05) is 26.7 Å². The van der Waals surface area contributed by atoms with Crippen molar-refractivity contribution in [1.29, 1.82) is 0 Å². The van der Waals surface area contributed by atoms with Crippen molar-refractivity contribution < 1.29 is 9.53 Å². The molecule has 0 unspecified atom stereocenters. The van der Waals surface area contributed by atoms with E-state index < -0.39 is 5.54 Å². The maximum atomic E-state index is 13.3. The standard InChI is InChI=1S/C28H31N3O2/c1-33-26-15-9-8-10-22(26)20-30-18-16-25(17-19-30)31-21-28(29-27(31)32,23-11-4-2-5-12-23)24-13-6-3-7-14-24/h2-15,25H,16-21H2,1H3,(H,29,32). The quantitative estimate of drug-likeness (QED) is 0.607.